The number of esters is 2. The summed E-state index contributed by atoms with van der Waals surface area (Å²) in [5, 5.41) is 0. The molecule has 0 atom stereocenters. The van der Waals surface area contributed by atoms with Crippen molar-refractivity contribution in [1.29, 1.82) is 0 Å². The third kappa shape index (κ3) is 7.22. The van der Waals surface area contributed by atoms with Gasteiger partial charge in [-0.2, -0.15) is 0 Å². The van der Waals surface area contributed by atoms with Gasteiger partial charge in [0.1, 0.15) is 5.70 Å². The number of carbonyl (C=O) groups is 2. The van der Waals surface area contributed by atoms with Crippen LogP contribution in [0.3, 0.4) is 0 Å². The van der Waals surface area contributed by atoms with E-state index >= 15 is 0 Å². The van der Waals surface area contributed by atoms with Gasteiger partial charge in [0.25, 0.3) is 0 Å². The third-order valence-corrected chi connectivity index (χ3v) is 3.44. The first kappa shape index (κ1) is 19.8. The van der Waals surface area contributed by atoms with E-state index in [2.05, 4.69) is 4.90 Å². The molecule has 0 aromatic heterocycles. The topological polar surface area (TPSA) is 59.1 Å². The number of hydrogen-bond donors (Lipinski definition) is 0. The highest BCUT2D eigenvalue weighted by molar-refractivity contribution is 6.18. The van der Waals surface area contributed by atoms with Crippen molar-refractivity contribution in [3.63, 3.8) is 0 Å². The van der Waals surface area contributed by atoms with Crippen molar-refractivity contribution in [3.8, 4) is 0 Å². The molecule has 1 heterocycles. The third-order valence-electron chi connectivity index (χ3n) is 3.27. The second-order valence-electron chi connectivity index (χ2n) is 5.99. The molecule has 0 N–H and O–H groups in total. The largest absolute Gasteiger partial charge is 0.460 e. The standard InChI is InChI=1S/C16H27ClN2O4/c1-12(2)22-15(20)11-14(16(21)23-13(3)4)19-9-7-18(6-5-17)8-10-19/h11-13H,5-10H2,1-4H3/b14-11+. The van der Waals surface area contributed by atoms with Crippen molar-refractivity contribution in [2.24, 2.45) is 0 Å². The zero-order valence-corrected chi connectivity index (χ0v) is 15.1. The molecule has 0 aromatic rings. The van der Waals surface area contributed by atoms with Crippen molar-refractivity contribution in [2.45, 2.75) is 39.9 Å². The molecule has 0 saturated carbocycles. The molecular formula is C16H27ClN2O4. The molecule has 1 aliphatic rings. The zero-order valence-electron chi connectivity index (χ0n) is 14.4. The van der Waals surface area contributed by atoms with E-state index in [-0.39, 0.29) is 17.9 Å². The minimum absolute atomic E-state index is 0.235. The molecule has 0 aliphatic carbocycles. The summed E-state index contributed by atoms with van der Waals surface area (Å²) in [6.07, 6.45) is 0.758. The summed E-state index contributed by atoms with van der Waals surface area (Å²) in [6, 6.07) is 0. The summed E-state index contributed by atoms with van der Waals surface area (Å²) >= 11 is 5.76. The number of hydrogen-bond acceptors (Lipinski definition) is 6. The lowest BCUT2D eigenvalue weighted by Crippen LogP contribution is -2.47. The maximum absolute atomic E-state index is 12.3. The molecule has 6 nitrogen and oxygen atoms in total. The van der Waals surface area contributed by atoms with E-state index in [4.69, 9.17) is 21.1 Å². The zero-order chi connectivity index (χ0) is 17.4. The molecule has 0 radical (unpaired) electrons. The Hall–Kier alpha value is -1.27. The lowest BCUT2D eigenvalue weighted by Gasteiger charge is -2.36. The van der Waals surface area contributed by atoms with Crippen molar-refractivity contribution in [2.75, 3.05) is 38.6 Å². The number of ether oxygens (including phenoxy) is 2. The Morgan fingerprint density at radius 2 is 1.61 bits per heavy atom. The van der Waals surface area contributed by atoms with Crippen LogP contribution in [0, 0.1) is 0 Å². The van der Waals surface area contributed by atoms with Crippen LogP contribution in [0.5, 0.6) is 0 Å². The molecule has 7 heteroatoms. The van der Waals surface area contributed by atoms with Gasteiger partial charge in [-0.3, -0.25) is 4.90 Å². The van der Waals surface area contributed by atoms with E-state index in [1.54, 1.807) is 27.7 Å². The fourth-order valence-electron chi connectivity index (χ4n) is 2.26. The molecule has 1 aliphatic heterocycles. The number of nitrogens with zero attached hydrogens (tertiary/aromatic N) is 2. The van der Waals surface area contributed by atoms with Gasteiger partial charge < -0.3 is 14.4 Å². The van der Waals surface area contributed by atoms with E-state index in [0.29, 0.717) is 19.0 Å². The Labute approximate surface area is 143 Å². The van der Waals surface area contributed by atoms with Crippen LogP contribution in [-0.4, -0.2) is 72.6 Å². The first-order valence-corrected chi connectivity index (χ1v) is 8.53. The van der Waals surface area contributed by atoms with Gasteiger partial charge in [0.2, 0.25) is 0 Å². The normalized spacial score (nSPS) is 16.8. The number of rotatable bonds is 7. The Morgan fingerprint density at radius 1 is 1.04 bits per heavy atom. The SMILES string of the molecule is CC(C)OC(=O)/C=C(\C(=O)OC(C)C)N1CCN(CCCl)CC1. The Morgan fingerprint density at radius 3 is 2.09 bits per heavy atom. The van der Waals surface area contributed by atoms with Gasteiger partial charge in [-0.15, -0.1) is 11.6 Å². The lowest BCUT2D eigenvalue weighted by atomic mass is 10.2. The first-order valence-electron chi connectivity index (χ1n) is 8.00. The highest BCUT2D eigenvalue weighted by atomic mass is 35.5. The van der Waals surface area contributed by atoms with Gasteiger partial charge in [0, 0.05) is 38.6 Å². The quantitative estimate of drug-likeness (QED) is 0.397. The number of carbonyl (C=O) groups excluding carboxylic acids is 2. The molecule has 0 amide bonds. The van der Waals surface area contributed by atoms with Crippen LogP contribution in [0.4, 0.5) is 0 Å². The van der Waals surface area contributed by atoms with E-state index in [1.165, 1.54) is 6.08 Å². The maximum Gasteiger partial charge on any atom is 0.355 e. The van der Waals surface area contributed by atoms with E-state index in [0.717, 1.165) is 19.6 Å². The summed E-state index contributed by atoms with van der Waals surface area (Å²) in [5.74, 6) is -0.441. The second-order valence-corrected chi connectivity index (χ2v) is 6.36. The molecule has 1 fully saturated rings. The van der Waals surface area contributed by atoms with Crippen LogP contribution < -0.4 is 0 Å². The van der Waals surface area contributed by atoms with Crippen molar-refractivity contribution >= 4 is 23.5 Å². The van der Waals surface area contributed by atoms with Crippen LogP contribution in [0.15, 0.2) is 11.8 Å². The molecule has 23 heavy (non-hydrogen) atoms. The molecule has 0 bridgehead atoms. The van der Waals surface area contributed by atoms with Crippen LogP contribution in [0.2, 0.25) is 0 Å². The van der Waals surface area contributed by atoms with Gasteiger partial charge in [0.15, 0.2) is 0 Å². The van der Waals surface area contributed by atoms with Gasteiger partial charge in [-0.25, -0.2) is 9.59 Å². The van der Waals surface area contributed by atoms with Gasteiger partial charge in [-0.05, 0) is 27.7 Å². The summed E-state index contributed by atoms with van der Waals surface area (Å²) in [4.78, 5) is 28.3. The molecule has 1 saturated heterocycles. The van der Waals surface area contributed by atoms with Crippen LogP contribution in [-0.2, 0) is 19.1 Å². The average Bonchev–Trinajstić information content (AvgIpc) is 2.44. The molecular weight excluding hydrogens is 320 g/mol. The van der Waals surface area contributed by atoms with Crippen LogP contribution in [0.1, 0.15) is 27.7 Å². The molecule has 132 valence electrons. The van der Waals surface area contributed by atoms with Crippen molar-refractivity contribution < 1.29 is 19.1 Å². The van der Waals surface area contributed by atoms with Crippen molar-refractivity contribution in [1.82, 2.24) is 9.80 Å². The predicted molar refractivity (Wildman–Crippen MR) is 89.3 cm³/mol. The summed E-state index contributed by atoms with van der Waals surface area (Å²) < 4.78 is 10.4. The van der Waals surface area contributed by atoms with Gasteiger partial charge in [-0.1, -0.05) is 0 Å². The molecule has 0 unspecified atom stereocenters. The predicted octanol–water partition coefficient (Wildman–Crippen LogP) is 1.63. The highest BCUT2D eigenvalue weighted by Gasteiger charge is 2.25. The minimum atomic E-state index is -0.529. The van der Waals surface area contributed by atoms with E-state index in [1.807, 2.05) is 4.90 Å². The molecule has 0 aromatic carbocycles. The number of piperazine rings is 1. The first-order chi connectivity index (χ1) is 10.8. The number of alkyl halides is 1. The lowest BCUT2D eigenvalue weighted by molar-refractivity contribution is -0.147. The van der Waals surface area contributed by atoms with E-state index in [9.17, 15) is 9.59 Å². The fraction of sp³-hybridized carbons (Fsp3) is 0.750. The second kappa shape index (κ2) is 9.78. The molecule has 1 rings (SSSR count). The Kier molecular flexibility index (Phi) is 8.41. The minimum Gasteiger partial charge on any atom is -0.460 e. The fourth-order valence-corrected chi connectivity index (χ4v) is 2.50. The molecule has 0 spiro atoms. The van der Waals surface area contributed by atoms with Gasteiger partial charge in [0.05, 0.1) is 18.3 Å². The van der Waals surface area contributed by atoms with Crippen LogP contribution in [0.25, 0.3) is 0 Å². The monoisotopic (exact) mass is 346 g/mol. The summed E-state index contributed by atoms with van der Waals surface area (Å²) in [5.41, 5.74) is 0.259. The smallest absolute Gasteiger partial charge is 0.355 e. The maximum atomic E-state index is 12.3. The Bertz CT molecular complexity index is 430. The van der Waals surface area contributed by atoms with Crippen LogP contribution >= 0.6 is 11.6 Å². The van der Waals surface area contributed by atoms with E-state index < -0.39 is 11.9 Å². The van der Waals surface area contributed by atoms with Crippen molar-refractivity contribution in [3.05, 3.63) is 11.8 Å². The Balaban J connectivity index is 2.81. The average molecular weight is 347 g/mol. The highest BCUT2D eigenvalue weighted by Crippen LogP contribution is 2.13. The summed E-state index contributed by atoms with van der Waals surface area (Å²) in [7, 11) is 0. The van der Waals surface area contributed by atoms with Gasteiger partial charge >= 0.3 is 11.9 Å². The summed E-state index contributed by atoms with van der Waals surface area (Å²) in [6.45, 7) is 10.8. The number of halogens is 1.